The molecule has 18 heavy (non-hydrogen) atoms. The third-order valence-electron chi connectivity index (χ3n) is 2.78. The van der Waals surface area contributed by atoms with E-state index in [0.29, 0.717) is 11.4 Å². The van der Waals surface area contributed by atoms with E-state index in [4.69, 9.17) is 16.7 Å². The molecule has 0 saturated heterocycles. The Morgan fingerprint density at radius 3 is 2.44 bits per heavy atom. The lowest BCUT2D eigenvalue weighted by atomic mass is 9.98. The van der Waals surface area contributed by atoms with Gasteiger partial charge in [0, 0.05) is 5.02 Å². The average molecular weight is 261 g/mol. The summed E-state index contributed by atoms with van der Waals surface area (Å²) in [6.07, 6.45) is 0.659. The van der Waals surface area contributed by atoms with Crippen LogP contribution >= 0.6 is 11.6 Å². The minimum Gasteiger partial charge on any atom is -0.481 e. The van der Waals surface area contributed by atoms with Crippen molar-refractivity contribution in [1.82, 2.24) is 0 Å². The Labute approximate surface area is 111 Å². The van der Waals surface area contributed by atoms with E-state index in [2.05, 4.69) is 0 Å². The van der Waals surface area contributed by atoms with Crippen LogP contribution in [-0.4, -0.2) is 11.1 Å². The summed E-state index contributed by atoms with van der Waals surface area (Å²) < 4.78 is 0. The average Bonchev–Trinajstić information content (AvgIpc) is 2.34. The van der Waals surface area contributed by atoms with Crippen molar-refractivity contribution in [3.05, 3.63) is 70.2 Å². The van der Waals surface area contributed by atoms with Gasteiger partial charge in [0.1, 0.15) is 0 Å². The minimum atomic E-state index is -0.841. The molecule has 0 aliphatic carbocycles. The number of hydrogen-bond donors (Lipinski definition) is 1. The molecular formula is C15H13ClO2. The van der Waals surface area contributed by atoms with Gasteiger partial charge in [-0.05, 0) is 29.2 Å². The van der Waals surface area contributed by atoms with Gasteiger partial charge in [-0.15, -0.1) is 0 Å². The topological polar surface area (TPSA) is 37.3 Å². The quantitative estimate of drug-likeness (QED) is 0.913. The van der Waals surface area contributed by atoms with Crippen molar-refractivity contribution in [3.8, 4) is 0 Å². The molecule has 92 valence electrons. The molecule has 2 aromatic rings. The molecule has 2 aromatic carbocycles. The summed E-state index contributed by atoms with van der Waals surface area (Å²) >= 11 is 6.17. The van der Waals surface area contributed by atoms with Crippen LogP contribution in [0.1, 0.15) is 16.7 Å². The van der Waals surface area contributed by atoms with Gasteiger partial charge >= 0.3 is 5.97 Å². The van der Waals surface area contributed by atoms with Crippen molar-refractivity contribution in [2.24, 2.45) is 0 Å². The van der Waals surface area contributed by atoms with E-state index in [1.54, 1.807) is 12.1 Å². The van der Waals surface area contributed by atoms with Gasteiger partial charge in [0.25, 0.3) is 0 Å². The fraction of sp³-hybridized carbons (Fsp3) is 0.133. The van der Waals surface area contributed by atoms with Crippen LogP contribution in [-0.2, 0) is 17.6 Å². The van der Waals surface area contributed by atoms with E-state index in [-0.39, 0.29) is 6.42 Å². The second kappa shape index (κ2) is 5.69. The van der Waals surface area contributed by atoms with Gasteiger partial charge in [-0.25, -0.2) is 0 Å². The highest BCUT2D eigenvalue weighted by Gasteiger charge is 2.10. The van der Waals surface area contributed by atoms with Crippen molar-refractivity contribution in [2.45, 2.75) is 12.8 Å². The molecule has 2 nitrogen and oxygen atoms in total. The number of rotatable bonds is 4. The summed E-state index contributed by atoms with van der Waals surface area (Å²) in [5.41, 5.74) is 2.80. The molecule has 0 atom stereocenters. The zero-order valence-electron chi connectivity index (χ0n) is 9.77. The van der Waals surface area contributed by atoms with E-state index in [1.165, 1.54) is 0 Å². The molecule has 0 unspecified atom stereocenters. The molecule has 0 aliphatic heterocycles. The Bertz CT molecular complexity index is 550. The van der Waals surface area contributed by atoms with E-state index < -0.39 is 5.97 Å². The van der Waals surface area contributed by atoms with Gasteiger partial charge in [-0.1, -0.05) is 54.1 Å². The number of carbonyl (C=O) groups is 1. The third-order valence-corrected chi connectivity index (χ3v) is 3.14. The number of benzene rings is 2. The first-order valence-electron chi connectivity index (χ1n) is 5.69. The highest BCUT2D eigenvalue weighted by atomic mass is 35.5. The van der Waals surface area contributed by atoms with E-state index in [9.17, 15) is 4.79 Å². The lowest BCUT2D eigenvalue weighted by molar-refractivity contribution is -0.136. The smallest absolute Gasteiger partial charge is 0.307 e. The van der Waals surface area contributed by atoms with Gasteiger partial charge in [-0.2, -0.15) is 0 Å². The zero-order valence-corrected chi connectivity index (χ0v) is 10.5. The predicted octanol–water partition coefficient (Wildman–Crippen LogP) is 3.56. The standard InChI is InChI=1S/C15H13ClO2/c16-14-8-4-7-12(10-15(17)18)13(14)9-11-5-2-1-3-6-11/h1-8H,9-10H2,(H,17,18). The van der Waals surface area contributed by atoms with Crippen LogP contribution in [0.4, 0.5) is 0 Å². The Kier molecular flexibility index (Phi) is 4.00. The van der Waals surface area contributed by atoms with Gasteiger partial charge < -0.3 is 5.11 Å². The van der Waals surface area contributed by atoms with Crippen molar-refractivity contribution < 1.29 is 9.90 Å². The molecule has 0 fully saturated rings. The first-order valence-corrected chi connectivity index (χ1v) is 6.06. The number of hydrogen-bond acceptors (Lipinski definition) is 1. The Balaban J connectivity index is 2.34. The fourth-order valence-electron chi connectivity index (χ4n) is 1.93. The Morgan fingerprint density at radius 2 is 1.78 bits per heavy atom. The molecule has 0 saturated carbocycles. The lowest BCUT2D eigenvalue weighted by Gasteiger charge is -2.10. The van der Waals surface area contributed by atoms with Gasteiger partial charge in [0.05, 0.1) is 6.42 Å². The largest absolute Gasteiger partial charge is 0.481 e. The highest BCUT2D eigenvalue weighted by molar-refractivity contribution is 6.31. The summed E-state index contributed by atoms with van der Waals surface area (Å²) in [6.45, 7) is 0. The van der Waals surface area contributed by atoms with Crippen molar-refractivity contribution in [1.29, 1.82) is 0 Å². The summed E-state index contributed by atoms with van der Waals surface area (Å²) in [5.74, 6) is -0.841. The van der Waals surface area contributed by atoms with Crippen LogP contribution in [0.15, 0.2) is 48.5 Å². The maximum atomic E-state index is 10.8. The number of halogens is 1. The molecule has 0 bridgehead atoms. The summed E-state index contributed by atoms with van der Waals surface area (Å²) in [7, 11) is 0. The zero-order chi connectivity index (χ0) is 13.0. The normalized spacial score (nSPS) is 10.3. The second-order valence-corrected chi connectivity index (χ2v) is 4.52. The SMILES string of the molecule is O=C(O)Cc1cccc(Cl)c1Cc1ccccc1. The number of carboxylic acids is 1. The minimum absolute atomic E-state index is 0.00271. The van der Waals surface area contributed by atoms with Crippen molar-refractivity contribution in [2.75, 3.05) is 0 Å². The summed E-state index contributed by atoms with van der Waals surface area (Å²) in [4.78, 5) is 10.8. The Hall–Kier alpha value is -1.80. The van der Waals surface area contributed by atoms with Crippen LogP contribution in [0.2, 0.25) is 5.02 Å². The molecule has 0 spiro atoms. The number of carboxylic acid groups (broad SMARTS) is 1. The first-order chi connectivity index (χ1) is 8.66. The van der Waals surface area contributed by atoms with Crippen LogP contribution in [0.5, 0.6) is 0 Å². The Morgan fingerprint density at radius 1 is 1.06 bits per heavy atom. The highest BCUT2D eigenvalue weighted by Crippen LogP contribution is 2.23. The third kappa shape index (κ3) is 3.11. The molecule has 2 rings (SSSR count). The van der Waals surface area contributed by atoms with Gasteiger partial charge in [0.2, 0.25) is 0 Å². The molecular weight excluding hydrogens is 248 g/mol. The van der Waals surface area contributed by atoms with Gasteiger partial charge in [0.15, 0.2) is 0 Å². The second-order valence-electron chi connectivity index (χ2n) is 4.11. The van der Waals surface area contributed by atoms with Crippen LogP contribution in [0, 0.1) is 0 Å². The predicted molar refractivity (Wildman–Crippen MR) is 72.0 cm³/mol. The molecule has 0 radical (unpaired) electrons. The van der Waals surface area contributed by atoms with Crippen LogP contribution in [0.3, 0.4) is 0 Å². The molecule has 3 heteroatoms. The van der Waals surface area contributed by atoms with E-state index >= 15 is 0 Å². The van der Waals surface area contributed by atoms with Crippen LogP contribution in [0.25, 0.3) is 0 Å². The monoisotopic (exact) mass is 260 g/mol. The maximum Gasteiger partial charge on any atom is 0.307 e. The summed E-state index contributed by atoms with van der Waals surface area (Å²) in [6, 6.07) is 15.3. The number of aliphatic carboxylic acids is 1. The van der Waals surface area contributed by atoms with E-state index in [0.717, 1.165) is 16.7 Å². The molecule has 0 aromatic heterocycles. The summed E-state index contributed by atoms with van der Waals surface area (Å²) in [5, 5.41) is 9.53. The maximum absolute atomic E-state index is 10.8. The molecule has 0 aliphatic rings. The molecule has 1 N–H and O–H groups in total. The van der Waals surface area contributed by atoms with Crippen molar-refractivity contribution in [3.63, 3.8) is 0 Å². The van der Waals surface area contributed by atoms with Crippen molar-refractivity contribution >= 4 is 17.6 Å². The molecule has 0 amide bonds. The van der Waals surface area contributed by atoms with Gasteiger partial charge in [-0.3, -0.25) is 4.79 Å². The first kappa shape index (κ1) is 12.7. The van der Waals surface area contributed by atoms with E-state index in [1.807, 2.05) is 36.4 Å². The fourth-order valence-corrected chi connectivity index (χ4v) is 2.19. The molecule has 0 heterocycles. The van der Waals surface area contributed by atoms with Crippen LogP contribution < -0.4 is 0 Å². The lowest BCUT2D eigenvalue weighted by Crippen LogP contribution is -2.04.